The van der Waals surface area contributed by atoms with Gasteiger partial charge in [0.25, 0.3) is 0 Å². The Balaban J connectivity index is 1.39. The lowest BCUT2D eigenvalue weighted by atomic mass is 9.92. The van der Waals surface area contributed by atoms with Crippen molar-refractivity contribution in [3.63, 3.8) is 0 Å². The second kappa shape index (κ2) is 12.8. The van der Waals surface area contributed by atoms with Crippen LogP contribution in [-0.4, -0.2) is 68.6 Å². The second-order valence-corrected chi connectivity index (χ2v) is 12.9. The van der Waals surface area contributed by atoms with Crippen LogP contribution in [0.5, 0.6) is 0 Å². The molecule has 9 heteroatoms. The van der Waals surface area contributed by atoms with E-state index in [9.17, 15) is 0 Å². The van der Waals surface area contributed by atoms with Crippen molar-refractivity contribution in [3.8, 4) is 22.6 Å². The maximum absolute atomic E-state index is 6.55. The number of likely N-dealkylation sites (tertiary alicyclic amines) is 2. The molecule has 3 aliphatic rings. The number of aromatic nitrogens is 4. The van der Waals surface area contributed by atoms with Crippen molar-refractivity contribution in [2.45, 2.75) is 63.5 Å². The molecule has 0 unspecified atom stereocenters. The molecule has 0 radical (unpaired) electrons. The Morgan fingerprint density at radius 1 is 1.00 bits per heavy atom. The Bertz CT molecular complexity index is 1430. The van der Waals surface area contributed by atoms with Crippen molar-refractivity contribution in [3.05, 3.63) is 71.3 Å². The van der Waals surface area contributed by atoms with Gasteiger partial charge in [-0.15, -0.1) is 0 Å². The first-order valence-electron chi connectivity index (χ1n) is 15.3. The fourth-order valence-corrected chi connectivity index (χ4v) is 6.60. The number of hydrogen-bond acceptors (Lipinski definition) is 6. The van der Waals surface area contributed by atoms with E-state index in [2.05, 4.69) is 44.9 Å². The van der Waals surface area contributed by atoms with Crippen molar-refractivity contribution < 1.29 is 0 Å². The Hall–Kier alpha value is -2.87. The molecule has 4 heterocycles. The normalized spacial score (nSPS) is 18.8. The molecule has 0 spiro atoms. The van der Waals surface area contributed by atoms with E-state index >= 15 is 0 Å². The van der Waals surface area contributed by atoms with Gasteiger partial charge in [-0.05, 0) is 95.3 Å². The molecule has 3 aromatic rings. The van der Waals surface area contributed by atoms with Gasteiger partial charge in [0.2, 0.25) is 5.95 Å². The van der Waals surface area contributed by atoms with Gasteiger partial charge in [0.1, 0.15) is 5.82 Å². The summed E-state index contributed by atoms with van der Waals surface area (Å²) < 4.78 is 2.48. The lowest BCUT2D eigenvalue weighted by molar-refractivity contribution is 0.217. The van der Waals surface area contributed by atoms with Gasteiger partial charge in [0, 0.05) is 49.1 Å². The third-order valence-corrected chi connectivity index (χ3v) is 9.84. The standard InChI is InChI=1S/C33H41Cl2N7/c1-4-22(2)41-18-10-23(11-19-41)12-20-42-31(29-9-15-36-33(38-29)37-26-6-7-26)30(25-5-8-27(34)28(35)21-25)39-32(42)24-13-16-40(3)17-14-24/h4-5,8-9,15,21,23-24,26H,1-2,6-7,10-14,16-20H2,3H3,(H,36,37,38). The Morgan fingerprint density at radius 3 is 2.45 bits per heavy atom. The second-order valence-electron chi connectivity index (χ2n) is 12.1. The summed E-state index contributed by atoms with van der Waals surface area (Å²) in [6.07, 6.45) is 11.6. The molecule has 0 bridgehead atoms. The summed E-state index contributed by atoms with van der Waals surface area (Å²) in [5.41, 5.74) is 4.83. The first-order valence-corrected chi connectivity index (χ1v) is 16.1. The summed E-state index contributed by atoms with van der Waals surface area (Å²) in [5.74, 6) is 2.87. The molecule has 1 aliphatic carbocycles. The molecule has 42 heavy (non-hydrogen) atoms. The highest BCUT2D eigenvalue weighted by atomic mass is 35.5. The average molecular weight is 607 g/mol. The van der Waals surface area contributed by atoms with Gasteiger partial charge in [-0.2, -0.15) is 0 Å². The van der Waals surface area contributed by atoms with E-state index in [1.165, 1.54) is 12.8 Å². The molecule has 0 amide bonds. The fraction of sp³-hybridized carbons (Fsp3) is 0.485. The summed E-state index contributed by atoms with van der Waals surface area (Å²) in [4.78, 5) is 19.8. The van der Waals surface area contributed by atoms with Gasteiger partial charge in [-0.1, -0.05) is 42.4 Å². The van der Waals surface area contributed by atoms with Crippen LogP contribution in [0.3, 0.4) is 0 Å². The maximum Gasteiger partial charge on any atom is 0.223 e. The number of nitrogens with zero attached hydrogens (tertiary/aromatic N) is 6. The highest BCUT2D eigenvalue weighted by molar-refractivity contribution is 6.42. The van der Waals surface area contributed by atoms with Crippen LogP contribution < -0.4 is 5.32 Å². The molecule has 222 valence electrons. The molecule has 0 atom stereocenters. The third kappa shape index (κ3) is 6.53. The van der Waals surface area contributed by atoms with Gasteiger partial charge in [0.05, 0.1) is 27.1 Å². The zero-order valence-electron chi connectivity index (χ0n) is 24.5. The molecule has 2 aliphatic heterocycles. The lowest BCUT2D eigenvalue weighted by Crippen LogP contribution is -2.33. The molecule has 1 N–H and O–H groups in total. The number of piperidine rings is 2. The van der Waals surface area contributed by atoms with Crippen molar-refractivity contribution in [1.82, 2.24) is 29.3 Å². The van der Waals surface area contributed by atoms with E-state index in [0.29, 0.717) is 33.9 Å². The predicted molar refractivity (Wildman–Crippen MR) is 173 cm³/mol. The van der Waals surface area contributed by atoms with Gasteiger partial charge in [0.15, 0.2) is 0 Å². The SMILES string of the molecule is C=CC(=C)N1CCC(CCn2c(C3CCN(C)CC3)nc(-c3ccc(Cl)c(Cl)c3)c2-c2ccnc(NC3CC3)n2)CC1. The van der Waals surface area contributed by atoms with Crippen molar-refractivity contribution in [1.29, 1.82) is 0 Å². The van der Waals surface area contributed by atoms with Gasteiger partial charge in [-0.25, -0.2) is 15.0 Å². The Labute approximate surface area is 259 Å². The number of nitrogens with one attached hydrogen (secondary N) is 1. The van der Waals surface area contributed by atoms with E-state index in [-0.39, 0.29) is 0 Å². The number of anilines is 1. The van der Waals surface area contributed by atoms with Crippen LogP contribution in [0.25, 0.3) is 22.6 Å². The molecule has 7 nitrogen and oxygen atoms in total. The fourth-order valence-electron chi connectivity index (χ4n) is 6.30. The van der Waals surface area contributed by atoms with Crippen LogP contribution in [0, 0.1) is 5.92 Å². The van der Waals surface area contributed by atoms with E-state index in [4.69, 9.17) is 33.2 Å². The highest BCUT2D eigenvalue weighted by Gasteiger charge is 2.30. The minimum Gasteiger partial charge on any atom is -0.372 e. The highest BCUT2D eigenvalue weighted by Crippen LogP contribution is 2.40. The molecule has 6 rings (SSSR count). The van der Waals surface area contributed by atoms with E-state index in [0.717, 1.165) is 99.0 Å². The van der Waals surface area contributed by atoms with Gasteiger partial charge in [-0.3, -0.25) is 0 Å². The average Bonchev–Trinajstić information content (AvgIpc) is 3.74. The van der Waals surface area contributed by atoms with Crippen LogP contribution >= 0.6 is 23.2 Å². The van der Waals surface area contributed by atoms with E-state index in [1.807, 2.05) is 36.5 Å². The first kappa shape index (κ1) is 29.2. The van der Waals surface area contributed by atoms with Gasteiger partial charge < -0.3 is 19.7 Å². The van der Waals surface area contributed by atoms with Crippen LogP contribution in [0.15, 0.2) is 55.4 Å². The maximum atomic E-state index is 6.55. The molecular formula is C33H41Cl2N7. The number of rotatable bonds is 10. The number of halogens is 2. The monoisotopic (exact) mass is 605 g/mol. The van der Waals surface area contributed by atoms with Gasteiger partial charge >= 0.3 is 0 Å². The Kier molecular flexibility index (Phi) is 8.89. The third-order valence-electron chi connectivity index (χ3n) is 9.10. The van der Waals surface area contributed by atoms with E-state index < -0.39 is 0 Å². The van der Waals surface area contributed by atoms with Crippen LogP contribution in [0.2, 0.25) is 10.0 Å². The quantitative estimate of drug-likeness (QED) is 0.241. The lowest BCUT2D eigenvalue weighted by Gasteiger charge is -2.34. The molecule has 1 aromatic carbocycles. The number of benzene rings is 1. The number of hydrogen-bond donors (Lipinski definition) is 1. The molecule has 2 saturated heterocycles. The number of imidazole rings is 1. The minimum absolute atomic E-state index is 0.389. The molecule has 1 saturated carbocycles. The zero-order chi connectivity index (χ0) is 29.2. The van der Waals surface area contributed by atoms with Crippen LogP contribution in [0.4, 0.5) is 5.95 Å². The molecule has 2 aromatic heterocycles. The summed E-state index contributed by atoms with van der Waals surface area (Å²) >= 11 is 12.9. The summed E-state index contributed by atoms with van der Waals surface area (Å²) in [7, 11) is 2.21. The van der Waals surface area contributed by atoms with Crippen molar-refractivity contribution >= 4 is 29.2 Å². The summed E-state index contributed by atoms with van der Waals surface area (Å²) in [6.45, 7) is 13.2. The smallest absolute Gasteiger partial charge is 0.223 e. The predicted octanol–water partition coefficient (Wildman–Crippen LogP) is 7.50. The van der Waals surface area contributed by atoms with Crippen molar-refractivity contribution in [2.75, 3.05) is 38.5 Å². The number of allylic oxidation sites excluding steroid dienone is 1. The van der Waals surface area contributed by atoms with Crippen LogP contribution in [-0.2, 0) is 6.54 Å². The summed E-state index contributed by atoms with van der Waals surface area (Å²) in [5, 5.41) is 4.56. The van der Waals surface area contributed by atoms with Crippen LogP contribution in [0.1, 0.15) is 56.7 Å². The first-order chi connectivity index (χ1) is 20.4. The van der Waals surface area contributed by atoms with Crippen molar-refractivity contribution in [2.24, 2.45) is 5.92 Å². The minimum atomic E-state index is 0.389. The molecule has 3 fully saturated rings. The zero-order valence-corrected chi connectivity index (χ0v) is 26.0. The largest absolute Gasteiger partial charge is 0.372 e. The Morgan fingerprint density at radius 2 is 1.76 bits per heavy atom. The molecular weight excluding hydrogens is 565 g/mol. The summed E-state index contributed by atoms with van der Waals surface area (Å²) in [6, 6.07) is 8.31. The topological polar surface area (TPSA) is 62.1 Å². The van der Waals surface area contributed by atoms with E-state index in [1.54, 1.807) is 0 Å².